The Morgan fingerprint density at radius 3 is 2.50 bits per heavy atom. The third kappa shape index (κ3) is 4.42. The van der Waals surface area contributed by atoms with Crippen LogP contribution >= 0.6 is 0 Å². The lowest BCUT2D eigenvalue weighted by molar-refractivity contribution is -0.127. The quantitative estimate of drug-likeness (QED) is 0.644. The van der Waals surface area contributed by atoms with Gasteiger partial charge in [0.2, 0.25) is 11.9 Å². The van der Waals surface area contributed by atoms with Crippen molar-refractivity contribution >= 4 is 17.6 Å². The molecule has 2 aromatic rings. The van der Waals surface area contributed by atoms with Crippen LogP contribution in [0.2, 0.25) is 0 Å². The highest BCUT2D eigenvalue weighted by Crippen LogP contribution is 2.28. The molecule has 1 fully saturated rings. The highest BCUT2D eigenvalue weighted by Gasteiger charge is 2.21. The van der Waals surface area contributed by atoms with Gasteiger partial charge in [-0.25, -0.2) is 4.99 Å². The zero-order valence-electron chi connectivity index (χ0n) is 15.1. The van der Waals surface area contributed by atoms with E-state index < -0.39 is 0 Å². The van der Waals surface area contributed by atoms with E-state index in [1.54, 1.807) is 25.2 Å². The van der Waals surface area contributed by atoms with Crippen LogP contribution in [0.5, 0.6) is 5.75 Å². The maximum atomic E-state index is 12.4. The third-order valence-electron chi connectivity index (χ3n) is 4.93. The Bertz CT molecular complexity index is 810. The Balaban J connectivity index is 1.73. The Kier molecular flexibility index (Phi) is 5.56. The minimum absolute atomic E-state index is 0.0160. The van der Waals surface area contributed by atoms with E-state index in [0.717, 1.165) is 24.0 Å². The van der Waals surface area contributed by atoms with E-state index in [-0.39, 0.29) is 17.6 Å². The van der Waals surface area contributed by atoms with Gasteiger partial charge in [-0.2, -0.15) is 0 Å². The maximum absolute atomic E-state index is 12.4. The molecule has 0 spiro atoms. The largest absolute Gasteiger partial charge is 0.508 e. The number of hydrogen-bond acceptors (Lipinski definition) is 3. The van der Waals surface area contributed by atoms with Crippen LogP contribution < -0.4 is 5.73 Å². The molecule has 136 valence electrons. The first-order chi connectivity index (χ1) is 12.5. The van der Waals surface area contributed by atoms with Gasteiger partial charge in [-0.1, -0.05) is 37.1 Å². The fraction of sp³-hybridized carbons (Fsp3) is 0.333. The minimum Gasteiger partial charge on any atom is -0.508 e. The molecule has 0 aromatic heterocycles. The van der Waals surface area contributed by atoms with E-state index in [2.05, 4.69) is 4.99 Å². The van der Waals surface area contributed by atoms with Gasteiger partial charge in [0.1, 0.15) is 5.75 Å². The summed E-state index contributed by atoms with van der Waals surface area (Å²) < 4.78 is 0. The Morgan fingerprint density at radius 1 is 1.15 bits per heavy atom. The van der Waals surface area contributed by atoms with Crippen LogP contribution in [0, 0.1) is 5.92 Å². The molecule has 0 aliphatic heterocycles. The van der Waals surface area contributed by atoms with Crippen molar-refractivity contribution < 1.29 is 9.90 Å². The summed E-state index contributed by atoms with van der Waals surface area (Å²) in [5, 5.41) is 9.65. The van der Waals surface area contributed by atoms with Crippen molar-refractivity contribution in [3.8, 4) is 16.9 Å². The minimum atomic E-state index is 0.0160. The molecule has 1 amide bonds. The summed E-state index contributed by atoms with van der Waals surface area (Å²) in [5.41, 5.74) is 8.54. The highest BCUT2D eigenvalue weighted by molar-refractivity contribution is 5.97. The number of phenolic OH excluding ortho intramolecular Hbond substituents is 1. The lowest BCUT2D eigenvalue weighted by Gasteiger charge is -2.18. The van der Waals surface area contributed by atoms with Gasteiger partial charge in [-0.15, -0.1) is 0 Å². The number of aromatic hydroxyl groups is 1. The van der Waals surface area contributed by atoms with E-state index in [4.69, 9.17) is 5.73 Å². The fourth-order valence-electron chi connectivity index (χ4n) is 3.37. The van der Waals surface area contributed by atoms with E-state index in [9.17, 15) is 9.90 Å². The predicted octanol–water partition coefficient (Wildman–Crippen LogP) is 4.04. The summed E-state index contributed by atoms with van der Waals surface area (Å²) in [7, 11) is 1.68. The van der Waals surface area contributed by atoms with Gasteiger partial charge in [0, 0.05) is 13.5 Å². The molecular weight excluding hydrogens is 326 g/mol. The first kappa shape index (κ1) is 18.0. The summed E-state index contributed by atoms with van der Waals surface area (Å²) in [4.78, 5) is 18.2. The van der Waals surface area contributed by atoms with E-state index >= 15 is 0 Å². The van der Waals surface area contributed by atoms with Crippen molar-refractivity contribution in [3.63, 3.8) is 0 Å². The topological polar surface area (TPSA) is 78.9 Å². The molecule has 5 nitrogen and oxygen atoms in total. The van der Waals surface area contributed by atoms with Gasteiger partial charge < -0.3 is 10.8 Å². The zero-order chi connectivity index (χ0) is 18.5. The van der Waals surface area contributed by atoms with Crippen LogP contribution in [0.25, 0.3) is 11.1 Å². The highest BCUT2D eigenvalue weighted by atomic mass is 16.3. The monoisotopic (exact) mass is 351 g/mol. The molecule has 3 N–H and O–H groups in total. The number of phenols is 1. The number of benzene rings is 2. The van der Waals surface area contributed by atoms with Crippen LogP contribution in [0.4, 0.5) is 5.69 Å². The predicted molar refractivity (Wildman–Crippen MR) is 104 cm³/mol. The number of hydrogen-bond donors (Lipinski definition) is 2. The molecule has 1 saturated carbocycles. The lowest BCUT2D eigenvalue weighted by atomic mass is 10.0. The van der Waals surface area contributed by atoms with Gasteiger partial charge in [-0.05, 0) is 54.2 Å². The first-order valence-electron chi connectivity index (χ1n) is 9.03. The fourth-order valence-corrected chi connectivity index (χ4v) is 3.37. The van der Waals surface area contributed by atoms with Gasteiger partial charge in [-0.3, -0.25) is 9.69 Å². The SMILES string of the molecule is CN(C(=O)CC1CCCC1)C(N)=Nc1cccc(-c2cccc(O)c2)c1. The van der Waals surface area contributed by atoms with Crippen molar-refractivity contribution in [2.75, 3.05) is 7.05 Å². The summed E-state index contributed by atoms with van der Waals surface area (Å²) in [6.45, 7) is 0. The van der Waals surface area contributed by atoms with Gasteiger partial charge >= 0.3 is 0 Å². The second-order valence-corrected chi connectivity index (χ2v) is 6.88. The molecule has 0 saturated heterocycles. The molecule has 0 radical (unpaired) electrons. The molecule has 3 rings (SSSR count). The number of carbonyl (C=O) groups excluding carboxylic acids is 1. The molecule has 0 heterocycles. The molecular formula is C21H25N3O2. The number of nitrogens with two attached hydrogens (primary N) is 1. The number of amides is 1. The molecule has 1 aliphatic carbocycles. The van der Waals surface area contributed by atoms with Gasteiger partial charge in [0.05, 0.1) is 5.69 Å². The van der Waals surface area contributed by atoms with Crippen molar-refractivity contribution in [3.05, 3.63) is 48.5 Å². The van der Waals surface area contributed by atoms with E-state index in [1.165, 1.54) is 17.7 Å². The number of nitrogens with zero attached hydrogens (tertiary/aromatic N) is 2. The maximum Gasteiger partial charge on any atom is 0.229 e. The smallest absolute Gasteiger partial charge is 0.229 e. The van der Waals surface area contributed by atoms with Crippen LogP contribution in [-0.4, -0.2) is 28.9 Å². The third-order valence-corrected chi connectivity index (χ3v) is 4.93. The van der Waals surface area contributed by atoms with Gasteiger partial charge in [0.25, 0.3) is 0 Å². The summed E-state index contributed by atoms with van der Waals surface area (Å²) in [6.07, 6.45) is 5.22. The summed E-state index contributed by atoms with van der Waals surface area (Å²) >= 11 is 0. The summed E-state index contributed by atoms with van der Waals surface area (Å²) in [6, 6.07) is 14.6. The van der Waals surface area contributed by atoms with Crippen molar-refractivity contribution in [2.24, 2.45) is 16.6 Å². The lowest BCUT2D eigenvalue weighted by Crippen LogP contribution is -2.39. The Morgan fingerprint density at radius 2 is 1.81 bits per heavy atom. The van der Waals surface area contributed by atoms with E-state index in [1.807, 2.05) is 30.3 Å². The first-order valence-corrected chi connectivity index (χ1v) is 9.03. The average Bonchev–Trinajstić information content (AvgIpc) is 3.14. The van der Waals surface area contributed by atoms with Crippen molar-refractivity contribution in [1.82, 2.24) is 4.90 Å². The number of rotatable bonds is 4. The van der Waals surface area contributed by atoms with Crippen LogP contribution in [-0.2, 0) is 4.79 Å². The summed E-state index contributed by atoms with van der Waals surface area (Å²) in [5.74, 6) is 0.906. The Labute approximate surface area is 154 Å². The van der Waals surface area contributed by atoms with Crippen LogP contribution in [0.3, 0.4) is 0 Å². The van der Waals surface area contributed by atoms with Gasteiger partial charge in [0.15, 0.2) is 0 Å². The van der Waals surface area contributed by atoms with Crippen molar-refractivity contribution in [2.45, 2.75) is 32.1 Å². The zero-order valence-corrected chi connectivity index (χ0v) is 15.1. The standard InChI is InChI=1S/C21H25N3O2/c1-24(20(26)12-15-6-2-3-7-15)21(22)23-18-10-4-8-16(13-18)17-9-5-11-19(25)14-17/h4-5,8-11,13-15,25H,2-3,6-7,12H2,1H3,(H2,22,23). The normalized spacial score (nSPS) is 15.2. The number of carbonyl (C=O) groups is 1. The second kappa shape index (κ2) is 8.04. The molecule has 5 heteroatoms. The average molecular weight is 351 g/mol. The molecule has 0 bridgehead atoms. The van der Waals surface area contributed by atoms with Crippen LogP contribution in [0.15, 0.2) is 53.5 Å². The second-order valence-electron chi connectivity index (χ2n) is 6.88. The molecule has 2 aromatic carbocycles. The number of guanidine groups is 1. The molecule has 1 aliphatic rings. The van der Waals surface area contributed by atoms with Crippen molar-refractivity contribution in [1.29, 1.82) is 0 Å². The van der Waals surface area contributed by atoms with Crippen LogP contribution in [0.1, 0.15) is 32.1 Å². The van der Waals surface area contributed by atoms with E-state index in [0.29, 0.717) is 18.0 Å². The molecule has 26 heavy (non-hydrogen) atoms. The molecule has 0 atom stereocenters. The Hall–Kier alpha value is -2.82. The number of aliphatic imine (C=N–C) groups is 1. The molecule has 0 unspecified atom stereocenters.